The van der Waals surface area contributed by atoms with E-state index < -0.39 is 6.04 Å². The Bertz CT molecular complexity index is 757. The highest BCUT2D eigenvalue weighted by molar-refractivity contribution is 5.97. The SMILES string of the molecule is Cc1cccc(C(=O)NC(C(=O)NCCc2ccc(F)cc2)C(C)C)c1. The first kappa shape index (κ1) is 19.6. The van der Waals surface area contributed by atoms with E-state index in [1.165, 1.54) is 12.1 Å². The number of nitrogens with one attached hydrogen (secondary N) is 2. The van der Waals surface area contributed by atoms with Crippen LogP contribution in [0.2, 0.25) is 0 Å². The van der Waals surface area contributed by atoms with Crippen LogP contribution in [0.15, 0.2) is 48.5 Å². The summed E-state index contributed by atoms with van der Waals surface area (Å²) in [6.45, 7) is 6.12. The molecule has 2 N–H and O–H groups in total. The average Bonchev–Trinajstić information content (AvgIpc) is 2.60. The summed E-state index contributed by atoms with van der Waals surface area (Å²) in [5, 5.41) is 5.66. The summed E-state index contributed by atoms with van der Waals surface area (Å²) >= 11 is 0. The fraction of sp³-hybridized carbons (Fsp3) is 0.333. The van der Waals surface area contributed by atoms with Gasteiger partial charge in [-0.05, 0) is 49.1 Å². The van der Waals surface area contributed by atoms with E-state index in [9.17, 15) is 14.0 Å². The number of benzene rings is 2. The molecule has 0 heterocycles. The van der Waals surface area contributed by atoms with Gasteiger partial charge >= 0.3 is 0 Å². The molecule has 0 spiro atoms. The predicted molar refractivity (Wildman–Crippen MR) is 100 cm³/mol. The maximum atomic E-state index is 12.9. The minimum atomic E-state index is -0.615. The van der Waals surface area contributed by atoms with Gasteiger partial charge in [0.05, 0.1) is 0 Å². The molecule has 26 heavy (non-hydrogen) atoms. The van der Waals surface area contributed by atoms with Gasteiger partial charge in [0.15, 0.2) is 0 Å². The first-order chi connectivity index (χ1) is 12.4. The van der Waals surface area contributed by atoms with E-state index in [0.29, 0.717) is 18.5 Å². The normalized spacial score (nSPS) is 11.9. The molecule has 0 aliphatic rings. The topological polar surface area (TPSA) is 58.2 Å². The van der Waals surface area contributed by atoms with Crippen LogP contribution in [0.3, 0.4) is 0 Å². The second kappa shape index (κ2) is 9.13. The van der Waals surface area contributed by atoms with Crippen molar-refractivity contribution in [2.45, 2.75) is 33.2 Å². The van der Waals surface area contributed by atoms with Crippen LogP contribution in [0.5, 0.6) is 0 Å². The highest BCUT2D eigenvalue weighted by Gasteiger charge is 2.24. The number of hydrogen-bond donors (Lipinski definition) is 2. The zero-order chi connectivity index (χ0) is 19.1. The zero-order valence-corrected chi connectivity index (χ0v) is 15.4. The third-order valence-electron chi connectivity index (χ3n) is 4.14. The predicted octanol–water partition coefficient (Wildman–Crippen LogP) is 3.25. The Labute approximate surface area is 153 Å². The molecule has 1 unspecified atom stereocenters. The quantitative estimate of drug-likeness (QED) is 0.800. The molecular formula is C21H25FN2O2. The van der Waals surface area contributed by atoms with E-state index in [-0.39, 0.29) is 23.5 Å². The Kier molecular flexibility index (Phi) is 6.89. The van der Waals surface area contributed by atoms with E-state index in [2.05, 4.69) is 10.6 Å². The van der Waals surface area contributed by atoms with Gasteiger partial charge < -0.3 is 10.6 Å². The van der Waals surface area contributed by atoms with Crippen LogP contribution in [0, 0.1) is 18.7 Å². The third kappa shape index (κ3) is 5.69. The molecule has 0 aliphatic heterocycles. The molecular weight excluding hydrogens is 331 g/mol. The monoisotopic (exact) mass is 356 g/mol. The fourth-order valence-electron chi connectivity index (χ4n) is 2.64. The Morgan fingerprint density at radius 2 is 1.77 bits per heavy atom. The summed E-state index contributed by atoms with van der Waals surface area (Å²) in [7, 11) is 0. The van der Waals surface area contributed by atoms with Crippen molar-refractivity contribution < 1.29 is 14.0 Å². The van der Waals surface area contributed by atoms with E-state index >= 15 is 0 Å². The summed E-state index contributed by atoms with van der Waals surface area (Å²) in [5.74, 6) is -0.810. The number of hydrogen-bond acceptors (Lipinski definition) is 2. The number of aryl methyl sites for hydroxylation is 1. The van der Waals surface area contributed by atoms with E-state index in [1.54, 1.807) is 24.3 Å². The van der Waals surface area contributed by atoms with E-state index in [4.69, 9.17) is 0 Å². The summed E-state index contributed by atoms with van der Waals surface area (Å²) in [5.41, 5.74) is 2.47. The van der Waals surface area contributed by atoms with Gasteiger partial charge in [0, 0.05) is 12.1 Å². The molecule has 0 fully saturated rings. The van der Waals surface area contributed by atoms with E-state index in [0.717, 1.165) is 11.1 Å². The molecule has 0 aromatic heterocycles. The van der Waals surface area contributed by atoms with Crippen LogP contribution < -0.4 is 10.6 Å². The fourth-order valence-corrected chi connectivity index (χ4v) is 2.64. The zero-order valence-electron chi connectivity index (χ0n) is 15.4. The van der Waals surface area contributed by atoms with Gasteiger partial charge in [0.25, 0.3) is 5.91 Å². The molecule has 5 heteroatoms. The lowest BCUT2D eigenvalue weighted by Gasteiger charge is -2.22. The highest BCUT2D eigenvalue weighted by atomic mass is 19.1. The second-order valence-electron chi connectivity index (χ2n) is 6.73. The minimum Gasteiger partial charge on any atom is -0.354 e. The smallest absolute Gasteiger partial charge is 0.251 e. The molecule has 4 nitrogen and oxygen atoms in total. The Balaban J connectivity index is 1.92. The number of halogens is 1. The molecule has 2 rings (SSSR count). The maximum Gasteiger partial charge on any atom is 0.251 e. The van der Waals surface area contributed by atoms with Gasteiger partial charge in [-0.1, -0.05) is 43.7 Å². The van der Waals surface area contributed by atoms with E-state index in [1.807, 2.05) is 32.9 Å². The van der Waals surface area contributed by atoms with Crippen LogP contribution in [0.25, 0.3) is 0 Å². The Morgan fingerprint density at radius 1 is 1.08 bits per heavy atom. The largest absolute Gasteiger partial charge is 0.354 e. The molecule has 2 amide bonds. The Morgan fingerprint density at radius 3 is 2.38 bits per heavy atom. The summed E-state index contributed by atoms with van der Waals surface area (Å²) in [6.07, 6.45) is 0.600. The van der Waals surface area contributed by atoms with Crippen molar-refractivity contribution in [2.75, 3.05) is 6.54 Å². The highest BCUT2D eigenvalue weighted by Crippen LogP contribution is 2.08. The van der Waals surface area contributed by atoms with Crippen molar-refractivity contribution >= 4 is 11.8 Å². The van der Waals surface area contributed by atoms with Crippen LogP contribution in [0.1, 0.15) is 35.3 Å². The van der Waals surface area contributed by atoms with Gasteiger partial charge in [0.1, 0.15) is 11.9 Å². The molecule has 0 saturated heterocycles. The van der Waals surface area contributed by atoms with Gasteiger partial charge in [-0.25, -0.2) is 4.39 Å². The molecule has 0 bridgehead atoms. The van der Waals surface area contributed by atoms with Crippen molar-refractivity contribution in [3.05, 3.63) is 71.0 Å². The van der Waals surface area contributed by atoms with Crippen LogP contribution in [-0.4, -0.2) is 24.4 Å². The number of carbonyl (C=O) groups is 2. The lowest BCUT2D eigenvalue weighted by atomic mass is 10.0. The summed E-state index contributed by atoms with van der Waals surface area (Å²) < 4.78 is 12.9. The lowest BCUT2D eigenvalue weighted by Crippen LogP contribution is -2.50. The average molecular weight is 356 g/mol. The molecule has 1 atom stereocenters. The van der Waals surface area contributed by atoms with Crippen molar-refractivity contribution in [1.82, 2.24) is 10.6 Å². The molecule has 2 aromatic carbocycles. The van der Waals surface area contributed by atoms with Crippen molar-refractivity contribution in [1.29, 1.82) is 0 Å². The standard InChI is InChI=1S/C21H25FN2O2/c1-14(2)19(24-20(25)17-6-4-5-15(3)13-17)21(26)23-12-11-16-7-9-18(22)10-8-16/h4-10,13-14,19H,11-12H2,1-3H3,(H,23,26)(H,24,25). The van der Waals surface area contributed by atoms with Crippen LogP contribution in [-0.2, 0) is 11.2 Å². The first-order valence-electron chi connectivity index (χ1n) is 8.76. The summed E-state index contributed by atoms with van der Waals surface area (Å²) in [4.78, 5) is 24.9. The lowest BCUT2D eigenvalue weighted by molar-refractivity contribution is -0.123. The second-order valence-corrected chi connectivity index (χ2v) is 6.73. The number of carbonyl (C=O) groups excluding carboxylic acids is 2. The van der Waals surface area contributed by atoms with Crippen molar-refractivity contribution in [3.63, 3.8) is 0 Å². The van der Waals surface area contributed by atoms with Gasteiger partial charge in [-0.3, -0.25) is 9.59 Å². The van der Waals surface area contributed by atoms with Crippen LogP contribution >= 0.6 is 0 Å². The van der Waals surface area contributed by atoms with Gasteiger partial charge in [-0.15, -0.1) is 0 Å². The summed E-state index contributed by atoms with van der Waals surface area (Å²) in [6, 6.07) is 12.8. The molecule has 0 aliphatic carbocycles. The third-order valence-corrected chi connectivity index (χ3v) is 4.14. The number of rotatable bonds is 7. The molecule has 0 radical (unpaired) electrons. The van der Waals surface area contributed by atoms with Crippen molar-refractivity contribution in [2.24, 2.45) is 5.92 Å². The molecule has 0 saturated carbocycles. The first-order valence-corrected chi connectivity index (χ1v) is 8.76. The minimum absolute atomic E-state index is 0.0467. The molecule has 2 aromatic rings. The molecule has 138 valence electrons. The van der Waals surface area contributed by atoms with Gasteiger partial charge in [-0.2, -0.15) is 0 Å². The Hall–Kier alpha value is -2.69. The maximum absolute atomic E-state index is 12.9. The van der Waals surface area contributed by atoms with Crippen LogP contribution in [0.4, 0.5) is 4.39 Å². The van der Waals surface area contributed by atoms with Crippen molar-refractivity contribution in [3.8, 4) is 0 Å². The van der Waals surface area contributed by atoms with Gasteiger partial charge in [0.2, 0.25) is 5.91 Å². The number of amides is 2.